The number of phenols is 1. The first-order valence-corrected chi connectivity index (χ1v) is 4.65. The first-order chi connectivity index (χ1) is 8.04. The van der Waals surface area contributed by atoms with Gasteiger partial charge in [0.25, 0.3) is 0 Å². The van der Waals surface area contributed by atoms with Gasteiger partial charge in [0.1, 0.15) is 17.9 Å². The first kappa shape index (κ1) is 12.6. The minimum Gasteiger partial charge on any atom is -0.507 e. The van der Waals surface area contributed by atoms with Gasteiger partial charge in [-0.15, -0.1) is 0 Å². The summed E-state index contributed by atoms with van der Waals surface area (Å²) in [5, 5.41) is 20.3. The molecule has 90 valence electrons. The van der Waals surface area contributed by atoms with Crippen LogP contribution in [0.3, 0.4) is 0 Å². The van der Waals surface area contributed by atoms with E-state index in [2.05, 4.69) is 16.6 Å². The molecule has 0 saturated heterocycles. The van der Waals surface area contributed by atoms with Crippen LogP contribution in [0.25, 0.3) is 0 Å². The Kier molecular flexibility index (Phi) is 4.10. The third kappa shape index (κ3) is 3.53. The molecule has 1 amide bonds. The Morgan fingerprint density at radius 2 is 2.18 bits per heavy atom. The number of ether oxygens (including phenoxy) is 1. The highest BCUT2D eigenvalue weighted by molar-refractivity contribution is 5.93. The number of aromatic carboxylic acids is 1. The number of carboxylic acid groups (broad SMARTS) is 1. The minimum absolute atomic E-state index is 0.0513. The predicted octanol–water partition coefficient (Wildman–Crippen LogP) is 1.82. The average Bonchev–Trinajstić information content (AvgIpc) is 2.28. The summed E-state index contributed by atoms with van der Waals surface area (Å²) < 4.78 is 4.65. The lowest BCUT2D eigenvalue weighted by molar-refractivity contribution is 0.0693. The maximum atomic E-state index is 11.1. The molecule has 0 unspecified atom stereocenters. The number of carboxylic acids is 1. The molecule has 0 aliphatic carbocycles. The molecule has 0 radical (unpaired) electrons. The van der Waals surface area contributed by atoms with E-state index in [0.717, 1.165) is 6.07 Å². The molecule has 0 heterocycles. The molecule has 1 rings (SSSR count). The van der Waals surface area contributed by atoms with E-state index < -0.39 is 12.1 Å². The smallest absolute Gasteiger partial charge is 0.411 e. The zero-order valence-electron chi connectivity index (χ0n) is 8.84. The van der Waals surface area contributed by atoms with E-state index in [9.17, 15) is 14.7 Å². The number of nitrogens with one attached hydrogen (secondary N) is 1. The van der Waals surface area contributed by atoms with Gasteiger partial charge in [-0.3, -0.25) is 5.32 Å². The summed E-state index contributed by atoms with van der Waals surface area (Å²) in [5.41, 5.74) is -0.0826. The molecule has 17 heavy (non-hydrogen) atoms. The number of hydrogen-bond acceptors (Lipinski definition) is 4. The molecule has 0 fully saturated rings. The molecule has 0 aliphatic rings. The third-order valence-corrected chi connectivity index (χ3v) is 1.81. The lowest BCUT2D eigenvalue weighted by Gasteiger charge is -2.06. The molecule has 0 spiro atoms. The molecule has 0 aliphatic heterocycles. The standard InChI is InChI=1S/C11H11NO5/c1-2-5-17-11(16)12-7-3-4-9(13)8(6-7)10(14)15/h2-4,6,13H,1,5H2,(H,12,16)(H,14,15). The van der Waals surface area contributed by atoms with Crippen molar-refractivity contribution in [1.29, 1.82) is 0 Å². The van der Waals surface area contributed by atoms with E-state index in [0.29, 0.717) is 0 Å². The van der Waals surface area contributed by atoms with Crippen LogP contribution in [0, 0.1) is 0 Å². The van der Waals surface area contributed by atoms with Crippen LogP contribution in [-0.4, -0.2) is 28.9 Å². The van der Waals surface area contributed by atoms with Gasteiger partial charge in [-0.1, -0.05) is 12.7 Å². The average molecular weight is 237 g/mol. The molecule has 6 heteroatoms. The number of carbonyl (C=O) groups is 2. The first-order valence-electron chi connectivity index (χ1n) is 4.65. The zero-order chi connectivity index (χ0) is 12.8. The van der Waals surface area contributed by atoms with Gasteiger partial charge < -0.3 is 14.9 Å². The normalized spacial score (nSPS) is 9.41. The number of aromatic hydroxyl groups is 1. The van der Waals surface area contributed by atoms with Crippen molar-refractivity contribution in [3.63, 3.8) is 0 Å². The van der Waals surface area contributed by atoms with Crippen molar-refractivity contribution in [1.82, 2.24) is 0 Å². The van der Waals surface area contributed by atoms with Gasteiger partial charge in [0.2, 0.25) is 0 Å². The largest absolute Gasteiger partial charge is 0.507 e. The lowest BCUT2D eigenvalue weighted by Crippen LogP contribution is -2.14. The van der Waals surface area contributed by atoms with Crippen LogP contribution in [-0.2, 0) is 4.74 Å². The Balaban J connectivity index is 2.79. The van der Waals surface area contributed by atoms with Crippen molar-refractivity contribution in [3.05, 3.63) is 36.4 Å². The maximum Gasteiger partial charge on any atom is 0.411 e. The molecule has 0 bridgehead atoms. The summed E-state index contributed by atoms with van der Waals surface area (Å²) in [7, 11) is 0. The Labute approximate surface area is 97.1 Å². The minimum atomic E-state index is -1.29. The molecule has 0 saturated carbocycles. The van der Waals surface area contributed by atoms with E-state index in [1.165, 1.54) is 18.2 Å². The quantitative estimate of drug-likeness (QED) is 0.548. The molecule has 1 aromatic carbocycles. The highest BCUT2D eigenvalue weighted by Gasteiger charge is 2.11. The van der Waals surface area contributed by atoms with E-state index in [1.54, 1.807) is 0 Å². The number of anilines is 1. The summed E-state index contributed by atoms with van der Waals surface area (Å²) in [5.74, 6) is -1.66. The van der Waals surface area contributed by atoms with Crippen molar-refractivity contribution in [2.45, 2.75) is 0 Å². The summed E-state index contributed by atoms with van der Waals surface area (Å²) in [6, 6.07) is 3.66. The highest BCUT2D eigenvalue weighted by Crippen LogP contribution is 2.21. The van der Waals surface area contributed by atoms with E-state index in [4.69, 9.17) is 5.11 Å². The van der Waals surface area contributed by atoms with Crippen molar-refractivity contribution in [3.8, 4) is 5.75 Å². The lowest BCUT2D eigenvalue weighted by atomic mass is 10.2. The second kappa shape index (κ2) is 5.55. The Morgan fingerprint density at radius 3 is 2.76 bits per heavy atom. The summed E-state index contributed by atoms with van der Waals surface area (Å²) in [4.78, 5) is 21.9. The van der Waals surface area contributed by atoms with Crippen LogP contribution < -0.4 is 5.32 Å². The molecular formula is C11H11NO5. The Bertz CT molecular complexity index is 455. The van der Waals surface area contributed by atoms with Gasteiger partial charge in [-0.05, 0) is 18.2 Å². The van der Waals surface area contributed by atoms with Crippen LogP contribution in [0.2, 0.25) is 0 Å². The number of hydrogen-bond donors (Lipinski definition) is 3. The summed E-state index contributed by atoms with van der Waals surface area (Å²) in [6.07, 6.45) is 0.672. The highest BCUT2D eigenvalue weighted by atomic mass is 16.5. The summed E-state index contributed by atoms with van der Waals surface area (Å²) >= 11 is 0. The van der Waals surface area contributed by atoms with Crippen LogP contribution >= 0.6 is 0 Å². The number of amides is 1. The van der Waals surface area contributed by atoms with Gasteiger partial charge in [-0.25, -0.2) is 9.59 Å². The van der Waals surface area contributed by atoms with Crippen LogP contribution in [0.1, 0.15) is 10.4 Å². The molecular weight excluding hydrogens is 226 g/mol. The number of benzene rings is 1. The maximum absolute atomic E-state index is 11.1. The van der Waals surface area contributed by atoms with Crippen molar-refractivity contribution >= 4 is 17.7 Å². The van der Waals surface area contributed by atoms with Crippen molar-refractivity contribution < 1.29 is 24.5 Å². The van der Waals surface area contributed by atoms with E-state index in [-0.39, 0.29) is 23.6 Å². The Hall–Kier alpha value is -2.50. The predicted molar refractivity (Wildman–Crippen MR) is 60.2 cm³/mol. The molecule has 6 nitrogen and oxygen atoms in total. The molecule has 0 atom stereocenters. The van der Waals surface area contributed by atoms with E-state index in [1.807, 2.05) is 0 Å². The number of carbonyl (C=O) groups excluding carboxylic acids is 1. The molecule has 1 aromatic rings. The fraction of sp³-hybridized carbons (Fsp3) is 0.0909. The second-order valence-electron chi connectivity index (χ2n) is 3.05. The van der Waals surface area contributed by atoms with Crippen LogP contribution in [0.5, 0.6) is 5.75 Å². The van der Waals surface area contributed by atoms with Gasteiger partial charge in [-0.2, -0.15) is 0 Å². The second-order valence-corrected chi connectivity index (χ2v) is 3.05. The SMILES string of the molecule is C=CCOC(=O)Nc1ccc(O)c(C(=O)O)c1. The van der Waals surface area contributed by atoms with Crippen LogP contribution in [0.15, 0.2) is 30.9 Å². The van der Waals surface area contributed by atoms with Crippen LogP contribution in [0.4, 0.5) is 10.5 Å². The summed E-state index contributed by atoms with van der Waals surface area (Å²) in [6.45, 7) is 3.42. The Morgan fingerprint density at radius 1 is 1.47 bits per heavy atom. The van der Waals surface area contributed by atoms with Crippen molar-refractivity contribution in [2.24, 2.45) is 0 Å². The van der Waals surface area contributed by atoms with Gasteiger partial charge in [0, 0.05) is 5.69 Å². The number of rotatable bonds is 4. The zero-order valence-corrected chi connectivity index (χ0v) is 8.84. The van der Waals surface area contributed by atoms with Crippen molar-refractivity contribution in [2.75, 3.05) is 11.9 Å². The third-order valence-electron chi connectivity index (χ3n) is 1.81. The molecule has 3 N–H and O–H groups in total. The topological polar surface area (TPSA) is 95.9 Å². The molecule has 0 aromatic heterocycles. The fourth-order valence-corrected chi connectivity index (χ4v) is 1.07. The van der Waals surface area contributed by atoms with Gasteiger partial charge in [0.05, 0.1) is 0 Å². The van der Waals surface area contributed by atoms with Gasteiger partial charge in [0.15, 0.2) is 0 Å². The monoisotopic (exact) mass is 237 g/mol. The fourth-order valence-electron chi connectivity index (χ4n) is 1.07. The van der Waals surface area contributed by atoms with Gasteiger partial charge >= 0.3 is 12.1 Å². The van der Waals surface area contributed by atoms with E-state index >= 15 is 0 Å².